The lowest BCUT2D eigenvalue weighted by Crippen LogP contribution is -2.32. The van der Waals surface area contributed by atoms with Crippen LogP contribution in [0.25, 0.3) is 0 Å². The fraction of sp³-hybridized carbons (Fsp3) is 0.647. The lowest BCUT2D eigenvalue weighted by Gasteiger charge is -2.22. The number of ether oxygens (including phenoxy) is 1. The molecule has 0 bridgehead atoms. The molecule has 0 radical (unpaired) electrons. The minimum absolute atomic E-state index is 0.311. The maximum atomic E-state index is 5.64. The van der Waals surface area contributed by atoms with Gasteiger partial charge >= 0.3 is 0 Å². The van der Waals surface area contributed by atoms with Gasteiger partial charge in [-0.15, -0.1) is 0 Å². The van der Waals surface area contributed by atoms with Crippen molar-refractivity contribution in [2.75, 3.05) is 13.7 Å². The Morgan fingerprint density at radius 1 is 1.21 bits per heavy atom. The van der Waals surface area contributed by atoms with E-state index >= 15 is 0 Å². The highest BCUT2D eigenvalue weighted by Gasteiger charge is 2.45. The summed E-state index contributed by atoms with van der Waals surface area (Å²) in [6, 6.07) is 7.30. The van der Waals surface area contributed by atoms with Gasteiger partial charge < -0.3 is 10.1 Å². The first-order chi connectivity index (χ1) is 8.98. The molecule has 0 unspecified atom stereocenters. The smallest absolute Gasteiger partial charge is 0.122 e. The predicted octanol–water partition coefficient (Wildman–Crippen LogP) is 3.85. The van der Waals surface area contributed by atoms with Crippen molar-refractivity contribution in [3.8, 4) is 5.75 Å². The highest BCUT2D eigenvalue weighted by molar-refractivity contribution is 5.46. The molecule has 1 aliphatic carbocycles. The number of nitrogens with one attached hydrogen (secondary N) is 1. The fourth-order valence-corrected chi connectivity index (χ4v) is 2.60. The molecule has 1 aromatic carbocycles. The third-order valence-corrected chi connectivity index (χ3v) is 4.17. The molecule has 0 saturated heterocycles. The molecule has 0 spiro atoms. The lowest BCUT2D eigenvalue weighted by atomic mass is 9.91. The van der Waals surface area contributed by atoms with Crippen LogP contribution in [-0.4, -0.2) is 19.7 Å². The van der Waals surface area contributed by atoms with Crippen LogP contribution in [0.3, 0.4) is 0 Å². The topological polar surface area (TPSA) is 21.3 Å². The third kappa shape index (κ3) is 3.11. The molecule has 2 rings (SSSR count). The van der Waals surface area contributed by atoms with E-state index < -0.39 is 0 Å². The van der Waals surface area contributed by atoms with Crippen LogP contribution in [-0.2, 0) is 5.41 Å². The van der Waals surface area contributed by atoms with Crippen molar-refractivity contribution in [3.63, 3.8) is 0 Å². The number of hydrogen-bond acceptors (Lipinski definition) is 2. The average molecular weight is 261 g/mol. The van der Waals surface area contributed by atoms with Gasteiger partial charge in [0, 0.05) is 23.6 Å². The van der Waals surface area contributed by atoms with Crippen molar-refractivity contribution in [1.82, 2.24) is 5.32 Å². The van der Waals surface area contributed by atoms with Crippen molar-refractivity contribution >= 4 is 0 Å². The van der Waals surface area contributed by atoms with Crippen LogP contribution < -0.4 is 10.1 Å². The lowest BCUT2D eigenvalue weighted by molar-refractivity contribution is 0.399. The Morgan fingerprint density at radius 2 is 1.89 bits per heavy atom. The third-order valence-electron chi connectivity index (χ3n) is 4.17. The molecular weight excluding hydrogens is 234 g/mol. The Balaban J connectivity index is 2.24. The Kier molecular flexibility index (Phi) is 4.19. The maximum absolute atomic E-state index is 5.64. The van der Waals surface area contributed by atoms with Gasteiger partial charge in [-0.05, 0) is 30.4 Å². The Bertz CT molecular complexity index is 433. The zero-order chi connectivity index (χ0) is 14.0. The second-order valence-electron chi connectivity index (χ2n) is 6.43. The fourth-order valence-electron chi connectivity index (χ4n) is 2.60. The van der Waals surface area contributed by atoms with E-state index in [1.54, 1.807) is 7.11 Å². The van der Waals surface area contributed by atoms with Gasteiger partial charge in [-0.3, -0.25) is 0 Å². The van der Waals surface area contributed by atoms with Gasteiger partial charge in [-0.25, -0.2) is 0 Å². The summed E-state index contributed by atoms with van der Waals surface area (Å²) in [5.41, 5.74) is 3.05. The second-order valence-corrected chi connectivity index (χ2v) is 6.43. The van der Waals surface area contributed by atoms with Gasteiger partial charge in [0.25, 0.3) is 0 Å². The maximum Gasteiger partial charge on any atom is 0.122 e. The number of methoxy groups -OCH3 is 1. The van der Waals surface area contributed by atoms with Crippen LogP contribution in [0.15, 0.2) is 18.2 Å². The van der Waals surface area contributed by atoms with E-state index in [0.29, 0.717) is 17.4 Å². The van der Waals surface area contributed by atoms with Crippen LogP contribution in [0.5, 0.6) is 5.75 Å². The van der Waals surface area contributed by atoms with Gasteiger partial charge in [-0.1, -0.05) is 39.8 Å². The molecule has 19 heavy (non-hydrogen) atoms. The first-order valence-electron chi connectivity index (χ1n) is 7.40. The van der Waals surface area contributed by atoms with Crippen LogP contribution in [0.1, 0.15) is 57.6 Å². The van der Waals surface area contributed by atoms with E-state index in [4.69, 9.17) is 4.74 Å². The van der Waals surface area contributed by atoms with Crippen LogP contribution in [0.4, 0.5) is 0 Å². The molecule has 0 aliphatic heterocycles. The number of rotatable bonds is 6. The van der Waals surface area contributed by atoms with E-state index in [1.165, 1.54) is 24.0 Å². The highest BCUT2D eigenvalue weighted by Crippen LogP contribution is 2.51. The Labute approximate surface area is 117 Å². The van der Waals surface area contributed by atoms with E-state index in [9.17, 15) is 0 Å². The monoisotopic (exact) mass is 261 g/mol. The zero-order valence-corrected chi connectivity index (χ0v) is 12.9. The molecule has 0 atom stereocenters. The molecule has 1 aliphatic rings. The van der Waals surface area contributed by atoms with Crippen LogP contribution >= 0.6 is 0 Å². The van der Waals surface area contributed by atoms with Crippen molar-refractivity contribution < 1.29 is 4.74 Å². The van der Waals surface area contributed by atoms with Gasteiger partial charge in [0.05, 0.1) is 7.11 Å². The molecule has 1 saturated carbocycles. The summed E-state index contributed by atoms with van der Waals surface area (Å²) in [6.07, 6.45) is 2.54. The van der Waals surface area contributed by atoms with Gasteiger partial charge in [0.15, 0.2) is 0 Å². The number of hydrogen-bond donors (Lipinski definition) is 1. The quantitative estimate of drug-likeness (QED) is 0.840. The van der Waals surface area contributed by atoms with Crippen molar-refractivity contribution in [3.05, 3.63) is 29.3 Å². The zero-order valence-electron chi connectivity index (χ0n) is 12.9. The number of benzene rings is 1. The van der Waals surface area contributed by atoms with Crippen molar-refractivity contribution in [2.24, 2.45) is 0 Å². The largest absolute Gasteiger partial charge is 0.496 e. The highest BCUT2D eigenvalue weighted by atomic mass is 16.5. The second kappa shape index (κ2) is 5.54. The molecule has 1 fully saturated rings. The van der Waals surface area contributed by atoms with Crippen LogP contribution in [0, 0.1) is 0 Å². The Morgan fingerprint density at radius 3 is 2.37 bits per heavy atom. The molecule has 1 aromatic rings. The summed E-state index contributed by atoms with van der Waals surface area (Å²) in [5.74, 6) is 1.61. The normalized spacial score (nSPS) is 17.0. The van der Waals surface area contributed by atoms with Gasteiger partial charge in [0.1, 0.15) is 5.75 Å². The molecule has 0 heterocycles. The average Bonchev–Trinajstić information content (AvgIpc) is 3.16. The van der Waals surface area contributed by atoms with Gasteiger partial charge in [-0.2, -0.15) is 0 Å². The van der Waals surface area contributed by atoms with Crippen molar-refractivity contribution in [1.29, 1.82) is 0 Å². The Hall–Kier alpha value is -1.02. The summed E-state index contributed by atoms with van der Waals surface area (Å²) in [6.45, 7) is 9.91. The molecule has 2 nitrogen and oxygen atoms in total. The summed E-state index contributed by atoms with van der Waals surface area (Å²) in [4.78, 5) is 0. The molecule has 0 aromatic heterocycles. The van der Waals surface area contributed by atoms with Gasteiger partial charge in [0.2, 0.25) is 0 Å². The van der Waals surface area contributed by atoms with E-state index in [0.717, 1.165) is 12.3 Å². The molecular formula is C17H27NO. The molecule has 0 amide bonds. The predicted molar refractivity (Wildman–Crippen MR) is 81.1 cm³/mol. The standard InChI is InChI=1S/C17H27NO/c1-12(2)14-6-7-15(16(10-14)19-5)17(8-9-17)11-18-13(3)4/h6-7,10,12-13,18H,8-9,11H2,1-5H3. The van der Waals surface area contributed by atoms with Crippen LogP contribution in [0.2, 0.25) is 0 Å². The van der Waals surface area contributed by atoms with E-state index in [-0.39, 0.29) is 0 Å². The summed E-state index contributed by atoms with van der Waals surface area (Å²) in [7, 11) is 1.79. The van der Waals surface area contributed by atoms with E-state index in [1.807, 2.05) is 0 Å². The molecule has 2 heteroatoms. The molecule has 106 valence electrons. The summed E-state index contributed by atoms with van der Waals surface area (Å²) >= 11 is 0. The minimum atomic E-state index is 0.311. The minimum Gasteiger partial charge on any atom is -0.496 e. The van der Waals surface area contributed by atoms with Crippen molar-refractivity contribution in [2.45, 2.75) is 57.9 Å². The molecule has 1 N–H and O–H groups in total. The first-order valence-corrected chi connectivity index (χ1v) is 7.40. The van der Waals surface area contributed by atoms with E-state index in [2.05, 4.69) is 51.2 Å². The summed E-state index contributed by atoms with van der Waals surface area (Å²) in [5, 5.41) is 3.58. The summed E-state index contributed by atoms with van der Waals surface area (Å²) < 4.78 is 5.64. The SMILES string of the molecule is COc1cc(C(C)C)ccc1C1(CNC(C)C)CC1. The first kappa shape index (κ1) is 14.4.